The number of hydrogen-bond acceptors (Lipinski definition) is 2. The fraction of sp³-hybridized carbons (Fsp3) is 0.263. The van der Waals surface area contributed by atoms with Gasteiger partial charge in [-0.3, -0.25) is 0 Å². The molecule has 0 aliphatic heterocycles. The predicted octanol–water partition coefficient (Wildman–Crippen LogP) is 5.50. The zero-order valence-electron chi connectivity index (χ0n) is 13.1. The molecule has 2 aromatic carbocycles. The average molecular weight is 297 g/mol. The second kappa shape index (κ2) is 7.37. The van der Waals surface area contributed by atoms with Crippen molar-refractivity contribution in [1.82, 2.24) is 0 Å². The largest absolute Gasteiger partial charge is 0.380 e. The average Bonchev–Trinajstić information content (AvgIpc) is 2.48. The normalized spacial score (nSPS) is 10.4. The molecule has 0 fully saturated rings. The first-order valence-electron chi connectivity index (χ1n) is 7.25. The Morgan fingerprint density at radius 1 is 1.05 bits per heavy atom. The third-order valence-corrected chi connectivity index (χ3v) is 4.73. The van der Waals surface area contributed by atoms with Crippen molar-refractivity contribution in [1.29, 1.82) is 0 Å². The molecule has 0 aliphatic carbocycles. The Hall–Kier alpha value is -1.67. The number of benzene rings is 2. The maximum absolute atomic E-state index is 3.79. The highest BCUT2D eigenvalue weighted by molar-refractivity contribution is 7.99. The molecule has 1 N–H and O–H groups in total. The molecule has 0 heterocycles. The number of para-hydroxylation sites is 1. The van der Waals surface area contributed by atoms with E-state index in [4.69, 9.17) is 0 Å². The van der Waals surface area contributed by atoms with E-state index in [0.29, 0.717) is 0 Å². The highest BCUT2D eigenvalue weighted by atomic mass is 32.2. The third-order valence-electron chi connectivity index (χ3n) is 3.67. The smallest absolute Gasteiger partial charge is 0.0481 e. The SMILES string of the molecule is C=CCSc1ccccc1NCc1cc(C)c(C)cc1C. The molecule has 2 rings (SSSR count). The third kappa shape index (κ3) is 4.15. The number of aryl methyl sites for hydroxylation is 3. The summed E-state index contributed by atoms with van der Waals surface area (Å²) in [4.78, 5) is 1.28. The van der Waals surface area contributed by atoms with Crippen molar-refractivity contribution in [2.24, 2.45) is 0 Å². The molecule has 2 heteroatoms. The minimum absolute atomic E-state index is 0.860. The van der Waals surface area contributed by atoms with E-state index in [1.165, 1.54) is 32.8 Å². The summed E-state index contributed by atoms with van der Waals surface area (Å²) in [6, 6.07) is 13.0. The fourth-order valence-electron chi connectivity index (χ4n) is 2.29. The number of hydrogen-bond donors (Lipinski definition) is 1. The Morgan fingerprint density at radius 2 is 1.76 bits per heavy atom. The van der Waals surface area contributed by atoms with Gasteiger partial charge in [0.15, 0.2) is 0 Å². The van der Waals surface area contributed by atoms with Crippen LogP contribution in [0.25, 0.3) is 0 Å². The lowest BCUT2D eigenvalue weighted by molar-refractivity contribution is 1.09. The fourth-order valence-corrected chi connectivity index (χ4v) is 3.06. The molecular formula is C19H23NS. The molecule has 21 heavy (non-hydrogen) atoms. The van der Waals surface area contributed by atoms with Gasteiger partial charge in [0.2, 0.25) is 0 Å². The topological polar surface area (TPSA) is 12.0 Å². The van der Waals surface area contributed by atoms with Crippen LogP contribution in [0.2, 0.25) is 0 Å². The van der Waals surface area contributed by atoms with E-state index in [-0.39, 0.29) is 0 Å². The van der Waals surface area contributed by atoms with Crippen LogP contribution in [0.5, 0.6) is 0 Å². The van der Waals surface area contributed by atoms with E-state index >= 15 is 0 Å². The first-order chi connectivity index (χ1) is 10.1. The molecule has 2 aromatic rings. The summed E-state index contributed by atoms with van der Waals surface area (Å²) in [5, 5.41) is 3.57. The minimum Gasteiger partial charge on any atom is -0.380 e. The molecule has 0 atom stereocenters. The number of nitrogens with one attached hydrogen (secondary N) is 1. The van der Waals surface area contributed by atoms with Crippen LogP contribution in [0, 0.1) is 20.8 Å². The first-order valence-corrected chi connectivity index (χ1v) is 8.23. The van der Waals surface area contributed by atoms with E-state index < -0.39 is 0 Å². The van der Waals surface area contributed by atoms with Crippen molar-refractivity contribution in [3.8, 4) is 0 Å². The van der Waals surface area contributed by atoms with Gasteiger partial charge in [0, 0.05) is 22.9 Å². The predicted molar refractivity (Wildman–Crippen MR) is 95.3 cm³/mol. The highest BCUT2D eigenvalue weighted by Gasteiger charge is 2.04. The zero-order valence-corrected chi connectivity index (χ0v) is 13.9. The van der Waals surface area contributed by atoms with Crippen LogP contribution >= 0.6 is 11.8 Å². The lowest BCUT2D eigenvalue weighted by Gasteiger charge is -2.14. The van der Waals surface area contributed by atoms with Crippen LogP contribution in [0.1, 0.15) is 22.3 Å². The lowest BCUT2D eigenvalue weighted by Crippen LogP contribution is -2.03. The van der Waals surface area contributed by atoms with Crippen molar-refractivity contribution in [2.75, 3.05) is 11.1 Å². The van der Waals surface area contributed by atoms with Gasteiger partial charge in [-0.15, -0.1) is 18.3 Å². The first kappa shape index (κ1) is 15.7. The van der Waals surface area contributed by atoms with Crippen LogP contribution in [0.3, 0.4) is 0 Å². The molecule has 0 radical (unpaired) electrons. The van der Waals surface area contributed by atoms with Crippen LogP contribution in [0.15, 0.2) is 53.9 Å². The van der Waals surface area contributed by atoms with Crippen molar-refractivity contribution < 1.29 is 0 Å². The summed E-state index contributed by atoms with van der Waals surface area (Å²) in [6.07, 6.45) is 1.94. The maximum atomic E-state index is 3.79. The maximum Gasteiger partial charge on any atom is 0.0481 e. The Labute approximate surface area is 132 Å². The molecule has 1 nitrogen and oxygen atoms in total. The molecule has 0 amide bonds. The Balaban J connectivity index is 2.13. The van der Waals surface area contributed by atoms with Crippen LogP contribution in [-0.2, 0) is 6.54 Å². The molecule has 0 unspecified atom stereocenters. The van der Waals surface area contributed by atoms with Crippen molar-refractivity contribution in [3.63, 3.8) is 0 Å². The van der Waals surface area contributed by atoms with Crippen LogP contribution < -0.4 is 5.32 Å². The molecule has 110 valence electrons. The minimum atomic E-state index is 0.860. The van der Waals surface area contributed by atoms with E-state index in [2.05, 4.69) is 69.1 Å². The Kier molecular flexibility index (Phi) is 5.51. The summed E-state index contributed by atoms with van der Waals surface area (Å²) in [5.41, 5.74) is 6.62. The summed E-state index contributed by atoms with van der Waals surface area (Å²) in [5.74, 6) is 0.932. The quantitative estimate of drug-likeness (QED) is 0.558. The second-order valence-electron chi connectivity index (χ2n) is 5.31. The lowest BCUT2D eigenvalue weighted by atomic mass is 10.0. The number of rotatable bonds is 6. The van der Waals surface area contributed by atoms with Gasteiger partial charge in [0.1, 0.15) is 0 Å². The molecular weight excluding hydrogens is 274 g/mol. The van der Waals surface area contributed by atoms with Gasteiger partial charge < -0.3 is 5.32 Å². The summed E-state index contributed by atoms with van der Waals surface area (Å²) >= 11 is 1.81. The van der Waals surface area contributed by atoms with Gasteiger partial charge in [-0.25, -0.2) is 0 Å². The zero-order chi connectivity index (χ0) is 15.2. The van der Waals surface area contributed by atoms with E-state index in [0.717, 1.165) is 12.3 Å². The van der Waals surface area contributed by atoms with Gasteiger partial charge in [-0.05, 0) is 55.2 Å². The second-order valence-corrected chi connectivity index (χ2v) is 6.37. The van der Waals surface area contributed by atoms with Gasteiger partial charge in [0.05, 0.1) is 0 Å². The van der Waals surface area contributed by atoms with Crippen molar-refractivity contribution >= 4 is 17.4 Å². The van der Waals surface area contributed by atoms with Gasteiger partial charge in [-0.1, -0.05) is 30.3 Å². The number of anilines is 1. The summed E-state index contributed by atoms with van der Waals surface area (Å²) < 4.78 is 0. The number of thioether (sulfide) groups is 1. The summed E-state index contributed by atoms with van der Waals surface area (Å²) in [7, 11) is 0. The molecule has 0 bridgehead atoms. The van der Waals surface area contributed by atoms with Crippen LogP contribution in [0.4, 0.5) is 5.69 Å². The van der Waals surface area contributed by atoms with Crippen molar-refractivity contribution in [2.45, 2.75) is 32.2 Å². The molecule has 0 spiro atoms. The van der Waals surface area contributed by atoms with Crippen LogP contribution in [-0.4, -0.2) is 5.75 Å². The summed E-state index contributed by atoms with van der Waals surface area (Å²) in [6.45, 7) is 11.2. The molecule has 0 aliphatic rings. The molecule has 0 saturated carbocycles. The Bertz CT molecular complexity index is 631. The van der Waals surface area contributed by atoms with Gasteiger partial charge >= 0.3 is 0 Å². The monoisotopic (exact) mass is 297 g/mol. The van der Waals surface area contributed by atoms with E-state index in [1.807, 2.05) is 17.8 Å². The molecule has 0 saturated heterocycles. The standard InChI is InChI=1S/C19H23NS/c1-5-10-21-19-9-7-6-8-18(19)20-13-17-12-15(3)14(2)11-16(17)4/h5-9,11-12,20H,1,10,13H2,2-4H3. The van der Waals surface area contributed by atoms with E-state index in [9.17, 15) is 0 Å². The molecule has 0 aromatic heterocycles. The van der Waals surface area contributed by atoms with Gasteiger partial charge in [-0.2, -0.15) is 0 Å². The Morgan fingerprint density at radius 3 is 2.52 bits per heavy atom. The highest BCUT2D eigenvalue weighted by Crippen LogP contribution is 2.27. The van der Waals surface area contributed by atoms with E-state index in [1.54, 1.807) is 0 Å². The van der Waals surface area contributed by atoms with Gasteiger partial charge in [0.25, 0.3) is 0 Å². The van der Waals surface area contributed by atoms with Crippen molar-refractivity contribution in [3.05, 3.63) is 71.3 Å².